The fourth-order valence-electron chi connectivity index (χ4n) is 2.38. The molecular formula is C14H19N3. The molecule has 0 aromatic heterocycles. The Balaban J connectivity index is 2.20. The quantitative estimate of drug-likeness (QED) is 0.861. The molecule has 1 aromatic rings. The van der Waals surface area contributed by atoms with Crippen LogP contribution in [-0.4, -0.2) is 26.2 Å². The van der Waals surface area contributed by atoms with Crippen LogP contribution in [0.1, 0.15) is 18.4 Å². The number of benzene rings is 1. The van der Waals surface area contributed by atoms with Crippen LogP contribution in [-0.2, 0) is 6.42 Å². The lowest BCUT2D eigenvalue weighted by atomic mass is 10.1. The Hall–Kier alpha value is -1.53. The molecule has 1 aliphatic rings. The predicted molar refractivity (Wildman–Crippen MR) is 70.1 cm³/mol. The highest BCUT2D eigenvalue weighted by Gasteiger charge is 2.17. The predicted octanol–water partition coefficient (Wildman–Crippen LogP) is 1.94. The first-order chi connectivity index (χ1) is 8.35. The second-order valence-electron chi connectivity index (χ2n) is 4.50. The average Bonchev–Trinajstić information content (AvgIpc) is 2.58. The van der Waals surface area contributed by atoms with Gasteiger partial charge in [0.25, 0.3) is 0 Å². The SMILES string of the molecule is CNC(C#N)CN1CCCCc2ccccc21. The maximum Gasteiger partial charge on any atom is 0.113 e. The van der Waals surface area contributed by atoms with E-state index in [0.717, 1.165) is 19.5 Å². The highest BCUT2D eigenvalue weighted by atomic mass is 15.2. The van der Waals surface area contributed by atoms with Crippen LogP contribution >= 0.6 is 0 Å². The third kappa shape index (κ3) is 2.78. The molecule has 3 heteroatoms. The fourth-order valence-corrected chi connectivity index (χ4v) is 2.38. The van der Waals surface area contributed by atoms with E-state index >= 15 is 0 Å². The van der Waals surface area contributed by atoms with E-state index in [1.807, 2.05) is 7.05 Å². The Bertz CT molecular complexity index is 408. The van der Waals surface area contributed by atoms with E-state index in [4.69, 9.17) is 5.26 Å². The monoisotopic (exact) mass is 229 g/mol. The van der Waals surface area contributed by atoms with Crippen LogP contribution in [0.4, 0.5) is 5.69 Å². The maximum atomic E-state index is 9.04. The Kier molecular flexibility index (Phi) is 4.00. The second kappa shape index (κ2) is 5.70. The molecule has 0 saturated carbocycles. The zero-order valence-corrected chi connectivity index (χ0v) is 10.3. The van der Waals surface area contributed by atoms with Crippen molar-refractivity contribution in [1.29, 1.82) is 5.26 Å². The molecule has 3 nitrogen and oxygen atoms in total. The summed E-state index contributed by atoms with van der Waals surface area (Å²) in [5.41, 5.74) is 2.72. The van der Waals surface area contributed by atoms with Gasteiger partial charge in [-0.15, -0.1) is 0 Å². The van der Waals surface area contributed by atoms with E-state index in [0.29, 0.717) is 0 Å². The number of rotatable bonds is 3. The number of anilines is 1. The molecule has 0 fully saturated rings. The molecule has 0 bridgehead atoms. The van der Waals surface area contributed by atoms with Crippen molar-refractivity contribution in [1.82, 2.24) is 5.32 Å². The number of aryl methyl sites for hydroxylation is 1. The highest BCUT2D eigenvalue weighted by Crippen LogP contribution is 2.25. The van der Waals surface area contributed by atoms with Crippen molar-refractivity contribution in [3.05, 3.63) is 29.8 Å². The van der Waals surface area contributed by atoms with Crippen LogP contribution in [0.5, 0.6) is 0 Å². The number of hydrogen-bond acceptors (Lipinski definition) is 3. The highest BCUT2D eigenvalue weighted by molar-refractivity contribution is 5.54. The van der Waals surface area contributed by atoms with Gasteiger partial charge in [-0.2, -0.15) is 5.26 Å². The van der Waals surface area contributed by atoms with Crippen molar-refractivity contribution >= 4 is 5.69 Å². The van der Waals surface area contributed by atoms with Gasteiger partial charge in [-0.25, -0.2) is 0 Å². The Morgan fingerprint density at radius 3 is 3.00 bits per heavy atom. The van der Waals surface area contributed by atoms with Crippen LogP contribution in [0, 0.1) is 11.3 Å². The summed E-state index contributed by atoms with van der Waals surface area (Å²) in [6.07, 6.45) is 3.60. The summed E-state index contributed by atoms with van der Waals surface area (Å²) in [6.45, 7) is 1.82. The lowest BCUT2D eigenvalue weighted by Gasteiger charge is -2.26. The molecule has 90 valence electrons. The molecule has 1 N–H and O–H groups in total. The van der Waals surface area contributed by atoms with E-state index in [1.54, 1.807) is 0 Å². The zero-order chi connectivity index (χ0) is 12.1. The number of hydrogen-bond donors (Lipinski definition) is 1. The smallest absolute Gasteiger partial charge is 0.113 e. The van der Waals surface area contributed by atoms with E-state index in [-0.39, 0.29) is 6.04 Å². The van der Waals surface area contributed by atoms with Crippen molar-refractivity contribution in [2.75, 3.05) is 25.0 Å². The molecule has 1 aromatic carbocycles. The number of fused-ring (bicyclic) bond motifs is 1. The summed E-state index contributed by atoms with van der Waals surface area (Å²) in [5.74, 6) is 0. The Morgan fingerprint density at radius 1 is 1.41 bits per heavy atom. The van der Waals surface area contributed by atoms with Crippen LogP contribution < -0.4 is 10.2 Å². The standard InChI is InChI=1S/C14H19N3/c1-16-13(10-15)11-17-9-5-4-7-12-6-2-3-8-14(12)17/h2-3,6,8,13,16H,4-5,7,9,11H2,1H3. The number of para-hydroxylation sites is 1. The molecule has 1 heterocycles. The number of likely N-dealkylation sites (N-methyl/N-ethyl adjacent to an activating group) is 1. The number of nitrogens with one attached hydrogen (secondary N) is 1. The first-order valence-corrected chi connectivity index (χ1v) is 6.25. The van der Waals surface area contributed by atoms with Gasteiger partial charge >= 0.3 is 0 Å². The van der Waals surface area contributed by atoms with E-state index in [9.17, 15) is 0 Å². The summed E-state index contributed by atoms with van der Waals surface area (Å²) in [7, 11) is 1.84. The minimum Gasteiger partial charge on any atom is -0.369 e. The number of nitriles is 1. The van der Waals surface area contributed by atoms with Gasteiger partial charge in [-0.1, -0.05) is 18.2 Å². The molecule has 0 spiro atoms. The van der Waals surface area contributed by atoms with Gasteiger partial charge in [-0.3, -0.25) is 0 Å². The van der Waals surface area contributed by atoms with Gasteiger partial charge in [0.2, 0.25) is 0 Å². The molecule has 1 aliphatic heterocycles. The van der Waals surface area contributed by atoms with Gasteiger partial charge in [0.15, 0.2) is 0 Å². The Labute approximate surface area is 103 Å². The average molecular weight is 229 g/mol. The van der Waals surface area contributed by atoms with Gasteiger partial charge in [-0.05, 0) is 37.9 Å². The molecule has 0 radical (unpaired) electrons. The molecule has 2 rings (SSSR count). The maximum absolute atomic E-state index is 9.04. The van der Waals surface area contributed by atoms with Gasteiger partial charge in [0, 0.05) is 18.8 Å². The summed E-state index contributed by atoms with van der Waals surface area (Å²) in [6, 6.07) is 10.8. The van der Waals surface area contributed by atoms with Crippen LogP contribution in [0.2, 0.25) is 0 Å². The van der Waals surface area contributed by atoms with E-state index < -0.39 is 0 Å². The lowest BCUT2D eigenvalue weighted by molar-refractivity contribution is 0.627. The molecule has 1 atom stereocenters. The summed E-state index contributed by atoms with van der Waals surface area (Å²) in [5, 5.41) is 12.1. The van der Waals surface area contributed by atoms with Gasteiger partial charge < -0.3 is 10.2 Å². The number of nitrogens with zero attached hydrogens (tertiary/aromatic N) is 2. The molecule has 0 amide bonds. The third-order valence-corrected chi connectivity index (χ3v) is 3.36. The second-order valence-corrected chi connectivity index (χ2v) is 4.50. The normalized spacial score (nSPS) is 16.8. The van der Waals surface area contributed by atoms with Gasteiger partial charge in [0.05, 0.1) is 6.07 Å². The zero-order valence-electron chi connectivity index (χ0n) is 10.3. The minimum absolute atomic E-state index is 0.0962. The first kappa shape index (κ1) is 11.9. The first-order valence-electron chi connectivity index (χ1n) is 6.25. The van der Waals surface area contributed by atoms with Crippen molar-refractivity contribution in [2.45, 2.75) is 25.3 Å². The lowest BCUT2D eigenvalue weighted by Crippen LogP contribution is -2.39. The largest absolute Gasteiger partial charge is 0.369 e. The van der Waals surface area contributed by atoms with Crippen LogP contribution in [0.15, 0.2) is 24.3 Å². The fraction of sp³-hybridized carbons (Fsp3) is 0.500. The molecule has 0 saturated heterocycles. The Morgan fingerprint density at radius 2 is 2.24 bits per heavy atom. The van der Waals surface area contributed by atoms with Gasteiger partial charge in [0.1, 0.15) is 6.04 Å². The molecule has 1 unspecified atom stereocenters. The van der Waals surface area contributed by atoms with E-state index in [2.05, 4.69) is 40.6 Å². The topological polar surface area (TPSA) is 39.1 Å². The minimum atomic E-state index is -0.0962. The summed E-state index contributed by atoms with van der Waals surface area (Å²) in [4.78, 5) is 2.34. The van der Waals surface area contributed by atoms with Crippen molar-refractivity contribution < 1.29 is 0 Å². The van der Waals surface area contributed by atoms with Crippen LogP contribution in [0.3, 0.4) is 0 Å². The molecule has 0 aliphatic carbocycles. The molecular weight excluding hydrogens is 210 g/mol. The summed E-state index contributed by atoms with van der Waals surface area (Å²) >= 11 is 0. The van der Waals surface area contributed by atoms with Crippen LogP contribution in [0.25, 0.3) is 0 Å². The van der Waals surface area contributed by atoms with E-state index in [1.165, 1.54) is 24.1 Å². The summed E-state index contributed by atoms with van der Waals surface area (Å²) < 4.78 is 0. The van der Waals surface area contributed by atoms with Crippen molar-refractivity contribution in [2.24, 2.45) is 0 Å². The third-order valence-electron chi connectivity index (χ3n) is 3.36. The van der Waals surface area contributed by atoms with Crippen molar-refractivity contribution in [3.8, 4) is 6.07 Å². The van der Waals surface area contributed by atoms with Crippen molar-refractivity contribution in [3.63, 3.8) is 0 Å². The molecule has 17 heavy (non-hydrogen) atoms.